The normalized spacial score (nSPS) is 12.9. The van der Waals surface area contributed by atoms with Crippen LogP contribution in [0.4, 0.5) is 0 Å². The third-order valence-corrected chi connectivity index (χ3v) is 10.5. The van der Waals surface area contributed by atoms with Crippen molar-refractivity contribution in [1.82, 2.24) is 0 Å². The highest BCUT2D eigenvalue weighted by Gasteiger charge is 2.19. The first-order valence-electron chi connectivity index (χ1n) is 25.3. The molecule has 0 saturated carbocycles. The molecule has 6 nitrogen and oxygen atoms in total. The van der Waals surface area contributed by atoms with Crippen molar-refractivity contribution in [2.24, 2.45) is 0 Å². The minimum absolute atomic E-state index is 0.110. The van der Waals surface area contributed by atoms with Gasteiger partial charge in [-0.05, 0) is 64.2 Å². The number of allylic oxidation sites excluding steroid dienone is 16. The molecule has 0 saturated heterocycles. The molecule has 6 heteroatoms. The quantitative estimate of drug-likeness (QED) is 0.0200. The van der Waals surface area contributed by atoms with Crippen LogP contribution in [-0.4, -0.2) is 37.2 Å². The summed E-state index contributed by atoms with van der Waals surface area (Å²) in [5.74, 6) is -1.01. The number of esters is 3. The van der Waals surface area contributed by atoms with Crippen LogP contribution >= 0.6 is 0 Å². The Bertz CT molecular complexity index is 1260. The highest BCUT2D eigenvalue weighted by atomic mass is 16.6. The van der Waals surface area contributed by atoms with Crippen LogP contribution in [0.5, 0.6) is 0 Å². The SMILES string of the molecule is CC\C=C/C=C\C=C/C=C\C=C/CCCCCC(=O)OC(COC(=O)CCC/C=C\C/C=C\C/C=C\CC)COC(=O)CCCCCCCCCCCCCCCCCCCC. The van der Waals surface area contributed by atoms with Gasteiger partial charge in [-0.2, -0.15) is 0 Å². The largest absolute Gasteiger partial charge is 0.462 e. The van der Waals surface area contributed by atoms with E-state index < -0.39 is 6.10 Å². The predicted molar refractivity (Wildman–Crippen MR) is 265 cm³/mol. The van der Waals surface area contributed by atoms with Crippen LogP contribution < -0.4 is 0 Å². The minimum atomic E-state index is -0.818. The Morgan fingerprint density at radius 3 is 1.23 bits per heavy atom. The second-order valence-corrected chi connectivity index (χ2v) is 16.4. The van der Waals surface area contributed by atoms with Gasteiger partial charge in [0.2, 0.25) is 0 Å². The zero-order valence-electron chi connectivity index (χ0n) is 40.1. The first-order valence-corrected chi connectivity index (χ1v) is 25.3. The van der Waals surface area contributed by atoms with Crippen LogP contribution in [0.1, 0.15) is 220 Å². The van der Waals surface area contributed by atoms with E-state index in [2.05, 4.69) is 69.4 Å². The lowest BCUT2D eigenvalue weighted by Gasteiger charge is -2.18. The molecule has 352 valence electrons. The van der Waals surface area contributed by atoms with Gasteiger partial charge in [0.1, 0.15) is 13.2 Å². The van der Waals surface area contributed by atoms with Crippen LogP contribution in [-0.2, 0) is 28.6 Å². The van der Waals surface area contributed by atoms with Crippen molar-refractivity contribution in [3.05, 3.63) is 97.2 Å². The Morgan fingerprint density at radius 2 is 0.726 bits per heavy atom. The molecule has 0 heterocycles. The van der Waals surface area contributed by atoms with Crippen molar-refractivity contribution in [1.29, 1.82) is 0 Å². The number of rotatable bonds is 44. The summed E-state index contributed by atoms with van der Waals surface area (Å²) in [6.45, 7) is 6.29. The lowest BCUT2D eigenvalue weighted by molar-refractivity contribution is -0.167. The summed E-state index contributed by atoms with van der Waals surface area (Å²) < 4.78 is 16.7. The average molecular weight is 861 g/mol. The standard InChI is InChI=1S/C56H92O6/c1-4-7-10-13-16-19-22-24-26-27-28-30-31-34-37-40-43-46-49-55(58)61-52-53(51-60-54(57)48-45-42-39-36-33-21-18-15-12-9-6-3)62-56(59)50-47-44-41-38-35-32-29-25-23-20-17-14-11-8-5-2/h8-9,11-12,14,17-18,20-21,23,25,29,32,35-36,39,53H,4-7,10,13,15-16,19,22,24,26-28,30-31,33-34,37-38,40-52H2,1-3H3/b11-8-,12-9-,17-14-,21-18-,23-20-,29-25-,35-32-,39-36-. The molecule has 0 bridgehead atoms. The lowest BCUT2D eigenvalue weighted by Crippen LogP contribution is -2.30. The molecule has 62 heavy (non-hydrogen) atoms. The first-order chi connectivity index (χ1) is 30.5. The van der Waals surface area contributed by atoms with Crippen LogP contribution in [0.15, 0.2) is 97.2 Å². The second kappa shape index (κ2) is 50.0. The van der Waals surface area contributed by atoms with Crippen molar-refractivity contribution in [2.45, 2.75) is 226 Å². The summed E-state index contributed by atoms with van der Waals surface area (Å²) in [4.78, 5) is 37.9. The topological polar surface area (TPSA) is 78.9 Å². The Kier molecular flexibility index (Phi) is 47.0. The fourth-order valence-electron chi connectivity index (χ4n) is 6.72. The maximum atomic E-state index is 12.8. The molecule has 0 aliphatic carbocycles. The van der Waals surface area contributed by atoms with Gasteiger partial charge in [0.25, 0.3) is 0 Å². The van der Waals surface area contributed by atoms with E-state index in [1.54, 1.807) is 0 Å². The van der Waals surface area contributed by atoms with Crippen LogP contribution in [0.25, 0.3) is 0 Å². The summed E-state index contributed by atoms with van der Waals surface area (Å²) in [5.41, 5.74) is 0. The van der Waals surface area contributed by atoms with Crippen molar-refractivity contribution in [3.8, 4) is 0 Å². The van der Waals surface area contributed by atoms with Gasteiger partial charge in [-0.1, -0.05) is 234 Å². The Balaban J connectivity index is 4.45. The molecular weight excluding hydrogens is 769 g/mol. The smallest absolute Gasteiger partial charge is 0.306 e. The molecule has 1 unspecified atom stereocenters. The number of hydrogen-bond acceptors (Lipinski definition) is 6. The first kappa shape index (κ1) is 58.3. The molecule has 0 rings (SSSR count). The molecular formula is C56H92O6. The summed E-state index contributed by atoms with van der Waals surface area (Å²) in [5, 5.41) is 0. The molecule has 0 aromatic heterocycles. The summed E-state index contributed by atoms with van der Waals surface area (Å²) in [6, 6.07) is 0. The van der Waals surface area contributed by atoms with E-state index in [9.17, 15) is 14.4 Å². The highest BCUT2D eigenvalue weighted by Crippen LogP contribution is 2.15. The summed E-state index contributed by atoms with van der Waals surface area (Å²) in [6.07, 6.45) is 65.5. The highest BCUT2D eigenvalue weighted by molar-refractivity contribution is 5.71. The van der Waals surface area contributed by atoms with Gasteiger partial charge in [0, 0.05) is 19.3 Å². The zero-order valence-corrected chi connectivity index (χ0v) is 40.1. The van der Waals surface area contributed by atoms with E-state index in [1.807, 2.05) is 48.6 Å². The molecule has 0 aliphatic heterocycles. The van der Waals surface area contributed by atoms with E-state index in [1.165, 1.54) is 96.3 Å². The lowest BCUT2D eigenvalue weighted by atomic mass is 10.0. The monoisotopic (exact) mass is 861 g/mol. The average Bonchev–Trinajstić information content (AvgIpc) is 3.27. The molecule has 0 fully saturated rings. The predicted octanol–water partition coefficient (Wildman–Crippen LogP) is 16.6. The van der Waals surface area contributed by atoms with Crippen LogP contribution in [0.3, 0.4) is 0 Å². The molecule has 0 aromatic carbocycles. The van der Waals surface area contributed by atoms with Gasteiger partial charge in [0.15, 0.2) is 6.10 Å². The van der Waals surface area contributed by atoms with Gasteiger partial charge in [0.05, 0.1) is 0 Å². The number of ether oxygens (including phenoxy) is 3. The van der Waals surface area contributed by atoms with Gasteiger partial charge < -0.3 is 14.2 Å². The van der Waals surface area contributed by atoms with Gasteiger partial charge in [-0.15, -0.1) is 0 Å². The van der Waals surface area contributed by atoms with Gasteiger partial charge in [-0.25, -0.2) is 0 Å². The van der Waals surface area contributed by atoms with Crippen molar-refractivity contribution >= 4 is 17.9 Å². The van der Waals surface area contributed by atoms with Gasteiger partial charge in [-0.3, -0.25) is 14.4 Å². The maximum Gasteiger partial charge on any atom is 0.306 e. The van der Waals surface area contributed by atoms with Crippen LogP contribution in [0.2, 0.25) is 0 Å². The molecule has 0 amide bonds. The second-order valence-electron chi connectivity index (χ2n) is 16.4. The van der Waals surface area contributed by atoms with E-state index in [0.717, 1.165) is 70.6 Å². The van der Waals surface area contributed by atoms with Crippen LogP contribution in [0, 0.1) is 0 Å². The molecule has 1 atom stereocenters. The molecule has 0 N–H and O–H groups in total. The summed E-state index contributed by atoms with van der Waals surface area (Å²) in [7, 11) is 0. The molecule has 0 spiro atoms. The fraction of sp³-hybridized carbons (Fsp3) is 0.661. The van der Waals surface area contributed by atoms with E-state index >= 15 is 0 Å². The number of carbonyl (C=O) groups excluding carboxylic acids is 3. The third kappa shape index (κ3) is 47.4. The number of carbonyl (C=O) groups is 3. The molecule has 0 aliphatic rings. The van der Waals surface area contributed by atoms with E-state index in [-0.39, 0.29) is 44.0 Å². The zero-order chi connectivity index (χ0) is 45.1. The van der Waals surface area contributed by atoms with E-state index in [0.29, 0.717) is 19.3 Å². The number of hydrogen-bond donors (Lipinski definition) is 0. The fourth-order valence-corrected chi connectivity index (χ4v) is 6.72. The van der Waals surface area contributed by atoms with Gasteiger partial charge >= 0.3 is 17.9 Å². The summed E-state index contributed by atoms with van der Waals surface area (Å²) >= 11 is 0. The minimum Gasteiger partial charge on any atom is -0.462 e. The molecule has 0 aromatic rings. The Labute approximate surface area is 381 Å². The van der Waals surface area contributed by atoms with Crippen molar-refractivity contribution < 1.29 is 28.6 Å². The molecule has 0 radical (unpaired) electrons. The number of unbranched alkanes of at least 4 members (excludes halogenated alkanes) is 21. The third-order valence-electron chi connectivity index (χ3n) is 10.5. The maximum absolute atomic E-state index is 12.8. The Hall–Kier alpha value is -3.67. The van der Waals surface area contributed by atoms with E-state index in [4.69, 9.17) is 14.2 Å². The van der Waals surface area contributed by atoms with Crippen molar-refractivity contribution in [2.75, 3.05) is 13.2 Å². The van der Waals surface area contributed by atoms with Crippen molar-refractivity contribution in [3.63, 3.8) is 0 Å². The Morgan fingerprint density at radius 1 is 0.355 bits per heavy atom.